The highest BCUT2D eigenvalue weighted by Crippen LogP contribution is 2.43. The maximum Gasteiger partial charge on any atom is 0.264 e. The van der Waals surface area contributed by atoms with E-state index in [1.54, 1.807) is 30.1 Å². The Bertz CT molecular complexity index is 1240. The Balaban J connectivity index is 1.24. The summed E-state index contributed by atoms with van der Waals surface area (Å²) in [4.78, 5) is 32.3. The molecule has 2 aromatic carbocycles. The maximum absolute atomic E-state index is 13.3. The first-order valence-corrected chi connectivity index (χ1v) is 11.1. The van der Waals surface area contributed by atoms with E-state index in [1.807, 2.05) is 11.0 Å². The van der Waals surface area contributed by atoms with Crippen molar-refractivity contribution in [3.05, 3.63) is 59.3 Å². The third kappa shape index (κ3) is 2.84. The lowest BCUT2D eigenvalue weighted by Crippen LogP contribution is -2.48. The van der Waals surface area contributed by atoms with Crippen LogP contribution in [0.5, 0.6) is 5.75 Å². The molecule has 1 spiro atoms. The number of aromatic nitrogens is 1. The zero-order valence-electron chi connectivity index (χ0n) is 18.0. The van der Waals surface area contributed by atoms with Crippen molar-refractivity contribution in [3.8, 4) is 5.75 Å². The number of benzene rings is 2. The SMILES string of the molecule is CN1C(=O)COc2ccc(C(=O)N3CCC4(CC3)OCCc3c4[nH]c4ccccc34)cc21. The van der Waals surface area contributed by atoms with E-state index in [2.05, 4.69) is 23.2 Å². The van der Waals surface area contributed by atoms with Crippen LogP contribution < -0.4 is 9.64 Å². The minimum absolute atomic E-state index is 0.0262. The molecule has 0 radical (unpaired) electrons. The number of carbonyl (C=O) groups is 2. The van der Waals surface area contributed by atoms with Crippen LogP contribution in [0, 0.1) is 0 Å². The molecule has 1 aromatic heterocycles. The number of likely N-dealkylation sites (tertiary alicyclic amines) is 1. The second-order valence-corrected chi connectivity index (χ2v) is 8.83. The number of amides is 2. The molecule has 1 fully saturated rings. The summed E-state index contributed by atoms with van der Waals surface area (Å²) in [5.41, 5.74) is 4.53. The molecule has 0 atom stereocenters. The van der Waals surface area contributed by atoms with E-state index in [0.717, 1.165) is 24.8 Å². The summed E-state index contributed by atoms with van der Waals surface area (Å²) in [7, 11) is 1.71. The van der Waals surface area contributed by atoms with Gasteiger partial charge in [-0.2, -0.15) is 0 Å². The average Bonchev–Trinajstić information content (AvgIpc) is 3.22. The highest BCUT2D eigenvalue weighted by Gasteiger charge is 2.43. The quantitative estimate of drug-likeness (QED) is 0.642. The molecule has 7 nitrogen and oxygen atoms in total. The van der Waals surface area contributed by atoms with E-state index in [4.69, 9.17) is 9.47 Å². The molecule has 1 N–H and O–H groups in total. The number of carbonyl (C=O) groups excluding carboxylic acids is 2. The highest BCUT2D eigenvalue weighted by molar-refractivity contribution is 6.01. The number of fused-ring (bicyclic) bond motifs is 5. The molecule has 3 aromatic rings. The van der Waals surface area contributed by atoms with Crippen LogP contribution in [0.1, 0.15) is 34.5 Å². The number of nitrogens with zero attached hydrogens (tertiary/aromatic N) is 2. The molecule has 6 rings (SSSR count). The smallest absolute Gasteiger partial charge is 0.264 e. The van der Waals surface area contributed by atoms with Crippen LogP contribution in [0.3, 0.4) is 0 Å². The number of hydrogen-bond donors (Lipinski definition) is 1. The van der Waals surface area contributed by atoms with E-state index < -0.39 is 0 Å². The van der Waals surface area contributed by atoms with E-state index in [0.29, 0.717) is 36.7 Å². The van der Waals surface area contributed by atoms with Crippen LogP contribution in [0.2, 0.25) is 0 Å². The van der Waals surface area contributed by atoms with E-state index in [1.165, 1.54) is 16.6 Å². The van der Waals surface area contributed by atoms with Gasteiger partial charge in [-0.15, -0.1) is 0 Å². The van der Waals surface area contributed by atoms with Gasteiger partial charge in [-0.25, -0.2) is 0 Å². The van der Waals surface area contributed by atoms with E-state index >= 15 is 0 Å². The van der Waals surface area contributed by atoms with Crippen LogP contribution in [0.15, 0.2) is 42.5 Å². The number of anilines is 1. The Labute approximate surface area is 185 Å². The van der Waals surface area contributed by atoms with Crippen molar-refractivity contribution in [1.29, 1.82) is 0 Å². The van der Waals surface area contributed by atoms with Crippen molar-refractivity contribution in [2.75, 3.05) is 38.3 Å². The third-order valence-electron chi connectivity index (χ3n) is 7.15. The van der Waals surface area contributed by atoms with E-state index in [9.17, 15) is 9.59 Å². The summed E-state index contributed by atoms with van der Waals surface area (Å²) in [6, 6.07) is 13.7. The normalized spacial score (nSPS) is 19.6. The first-order chi connectivity index (χ1) is 15.6. The minimum atomic E-state index is -0.361. The van der Waals surface area contributed by atoms with Gasteiger partial charge in [0.05, 0.1) is 18.0 Å². The molecule has 164 valence electrons. The number of hydrogen-bond acceptors (Lipinski definition) is 4. The molecular formula is C25H25N3O4. The largest absolute Gasteiger partial charge is 0.482 e. The van der Waals surface area contributed by atoms with Crippen molar-refractivity contribution < 1.29 is 19.1 Å². The van der Waals surface area contributed by atoms with Crippen LogP contribution >= 0.6 is 0 Å². The molecule has 4 heterocycles. The van der Waals surface area contributed by atoms with Gasteiger partial charge >= 0.3 is 0 Å². The fourth-order valence-corrected chi connectivity index (χ4v) is 5.32. The fraction of sp³-hybridized carbons (Fsp3) is 0.360. The van der Waals surface area contributed by atoms with Crippen LogP contribution in [0.25, 0.3) is 10.9 Å². The van der Waals surface area contributed by atoms with Crippen molar-refractivity contribution >= 4 is 28.4 Å². The summed E-state index contributed by atoms with van der Waals surface area (Å²) < 4.78 is 11.9. The minimum Gasteiger partial charge on any atom is -0.482 e. The summed E-state index contributed by atoms with van der Waals surface area (Å²) in [6.07, 6.45) is 2.42. The molecule has 2 amide bonds. The van der Waals surface area contributed by atoms with Gasteiger partial charge in [0.2, 0.25) is 0 Å². The molecule has 0 unspecified atom stereocenters. The van der Waals surface area contributed by atoms with Gasteiger partial charge in [0.15, 0.2) is 6.61 Å². The second-order valence-electron chi connectivity index (χ2n) is 8.83. The molecule has 3 aliphatic rings. The lowest BCUT2D eigenvalue weighted by atomic mass is 9.83. The number of likely N-dealkylation sites (N-methyl/N-ethyl adjacent to an activating group) is 1. The third-order valence-corrected chi connectivity index (χ3v) is 7.15. The van der Waals surface area contributed by atoms with Crippen molar-refractivity contribution in [3.63, 3.8) is 0 Å². The number of rotatable bonds is 1. The van der Waals surface area contributed by atoms with Gasteiger partial charge in [0.25, 0.3) is 11.8 Å². The van der Waals surface area contributed by atoms with Crippen LogP contribution in [-0.4, -0.2) is 55.0 Å². The van der Waals surface area contributed by atoms with Gasteiger partial charge in [-0.05, 0) is 49.1 Å². The predicted octanol–water partition coefficient (Wildman–Crippen LogP) is 3.23. The summed E-state index contributed by atoms with van der Waals surface area (Å²) >= 11 is 0. The summed E-state index contributed by atoms with van der Waals surface area (Å²) in [5, 5.41) is 1.28. The first kappa shape index (κ1) is 19.4. The molecule has 1 saturated heterocycles. The molecular weight excluding hydrogens is 406 g/mol. The van der Waals surface area contributed by atoms with Crippen LogP contribution in [-0.2, 0) is 21.6 Å². The Morgan fingerprint density at radius 3 is 2.78 bits per heavy atom. The molecule has 0 aliphatic carbocycles. The van der Waals surface area contributed by atoms with Crippen molar-refractivity contribution in [1.82, 2.24) is 9.88 Å². The van der Waals surface area contributed by atoms with Crippen molar-refractivity contribution in [2.24, 2.45) is 0 Å². The number of aromatic amines is 1. The van der Waals surface area contributed by atoms with E-state index in [-0.39, 0.29) is 24.0 Å². The topological polar surface area (TPSA) is 74.9 Å². The van der Waals surface area contributed by atoms with Gasteiger partial charge in [-0.3, -0.25) is 9.59 Å². The second kappa shape index (κ2) is 7.10. The van der Waals surface area contributed by atoms with Crippen molar-refractivity contribution in [2.45, 2.75) is 24.9 Å². The molecule has 7 heteroatoms. The number of ether oxygens (including phenoxy) is 2. The van der Waals surface area contributed by atoms with Gasteiger partial charge in [0, 0.05) is 36.6 Å². The number of H-pyrrole nitrogens is 1. The zero-order chi connectivity index (χ0) is 21.9. The van der Waals surface area contributed by atoms with Crippen LogP contribution in [0.4, 0.5) is 5.69 Å². The average molecular weight is 431 g/mol. The maximum atomic E-state index is 13.3. The lowest BCUT2D eigenvalue weighted by Gasteiger charge is -2.43. The standard InChI is InChI=1S/C25H25N3O4/c1-27-20-14-16(6-7-21(20)31-15-22(27)29)24(30)28-11-9-25(10-12-28)23-18(8-13-32-25)17-4-2-3-5-19(17)26-23/h2-7,14,26H,8-13,15H2,1H3. The predicted molar refractivity (Wildman–Crippen MR) is 120 cm³/mol. The van der Waals surface area contributed by atoms with Gasteiger partial charge in [0.1, 0.15) is 11.4 Å². The fourth-order valence-electron chi connectivity index (χ4n) is 5.32. The Morgan fingerprint density at radius 2 is 1.94 bits per heavy atom. The van der Waals surface area contributed by atoms with Gasteiger partial charge in [-0.1, -0.05) is 18.2 Å². The lowest BCUT2D eigenvalue weighted by molar-refractivity contribution is -0.121. The Morgan fingerprint density at radius 1 is 1.12 bits per heavy atom. The molecule has 0 saturated carbocycles. The first-order valence-electron chi connectivity index (χ1n) is 11.1. The Kier molecular flexibility index (Phi) is 4.30. The Hall–Kier alpha value is -3.32. The summed E-state index contributed by atoms with van der Waals surface area (Å²) in [5.74, 6) is 0.482. The zero-order valence-corrected chi connectivity index (χ0v) is 18.0. The highest BCUT2D eigenvalue weighted by atomic mass is 16.5. The molecule has 0 bridgehead atoms. The summed E-state index contributed by atoms with van der Waals surface area (Å²) in [6.45, 7) is 1.97. The number of piperidine rings is 1. The van der Waals surface area contributed by atoms with Gasteiger partial charge < -0.3 is 24.3 Å². The molecule has 3 aliphatic heterocycles. The molecule has 32 heavy (non-hydrogen) atoms. The monoisotopic (exact) mass is 431 g/mol. The number of para-hydroxylation sites is 1. The number of nitrogens with one attached hydrogen (secondary N) is 1.